The summed E-state index contributed by atoms with van der Waals surface area (Å²) in [5.74, 6) is 0. The van der Waals surface area contributed by atoms with Crippen molar-refractivity contribution in [2.24, 2.45) is 0 Å². The van der Waals surface area contributed by atoms with Crippen molar-refractivity contribution in [1.29, 1.82) is 0 Å². The van der Waals surface area contributed by atoms with Gasteiger partial charge in [-0.25, -0.2) is 0 Å². The molecule has 0 unspecified atom stereocenters. The first-order valence-electron chi connectivity index (χ1n) is 8.96. The fourth-order valence-corrected chi connectivity index (χ4v) is 3.04. The van der Waals surface area contributed by atoms with Gasteiger partial charge in [-0.1, -0.05) is 104 Å². The average Bonchev–Trinajstić information content (AvgIpc) is 2.70. The number of hydrogen-bond donors (Lipinski definition) is 0. The molecule has 0 aliphatic carbocycles. The maximum absolute atomic E-state index is 3.83. The maximum Gasteiger partial charge on any atom is 0.0240 e. The van der Waals surface area contributed by atoms with Crippen LogP contribution in [0.25, 0.3) is 12.2 Å². The third kappa shape index (κ3) is 5.05. The van der Waals surface area contributed by atoms with Gasteiger partial charge in [-0.05, 0) is 27.8 Å². The molecule has 0 amide bonds. The highest BCUT2D eigenvalue weighted by Gasteiger charge is 2.08. The smallest absolute Gasteiger partial charge is 0.0240 e. The van der Waals surface area contributed by atoms with E-state index in [2.05, 4.69) is 96.9 Å². The van der Waals surface area contributed by atoms with Gasteiger partial charge in [0.25, 0.3) is 0 Å². The maximum atomic E-state index is 3.83. The van der Waals surface area contributed by atoms with Gasteiger partial charge >= 0.3 is 0 Å². The molecule has 0 heterocycles. The largest absolute Gasteiger partial charge is 0.291 e. The summed E-state index contributed by atoms with van der Waals surface area (Å²) in [5.41, 5.74) is 6.27. The molecule has 0 aliphatic rings. The van der Waals surface area contributed by atoms with Crippen LogP contribution in [0.3, 0.4) is 0 Å². The van der Waals surface area contributed by atoms with Crippen molar-refractivity contribution in [3.05, 3.63) is 120 Å². The van der Waals surface area contributed by atoms with Gasteiger partial charge in [0.2, 0.25) is 0 Å². The molecule has 0 radical (unpaired) electrons. The van der Waals surface area contributed by atoms with Gasteiger partial charge in [-0.2, -0.15) is 0 Å². The summed E-state index contributed by atoms with van der Waals surface area (Å²) in [6.07, 6.45) is 3.76. The van der Waals surface area contributed by atoms with E-state index in [1.807, 2.05) is 12.2 Å². The summed E-state index contributed by atoms with van der Waals surface area (Å²) in [7, 11) is 0. The summed E-state index contributed by atoms with van der Waals surface area (Å²) in [6, 6.07) is 27.9. The first kappa shape index (κ1) is 17.9. The minimum Gasteiger partial charge on any atom is -0.291 e. The van der Waals surface area contributed by atoms with Crippen LogP contribution in [0.1, 0.15) is 27.8 Å². The molecule has 0 saturated carbocycles. The Bertz CT molecular complexity index is 776. The molecule has 26 heavy (non-hydrogen) atoms. The van der Waals surface area contributed by atoms with Crippen molar-refractivity contribution in [2.75, 3.05) is 0 Å². The monoisotopic (exact) mass is 339 g/mol. The van der Waals surface area contributed by atoms with Crippen molar-refractivity contribution in [3.8, 4) is 0 Å². The van der Waals surface area contributed by atoms with Crippen molar-refractivity contribution in [1.82, 2.24) is 4.90 Å². The fraction of sp³-hybridized carbons (Fsp3) is 0.120. The molecule has 1 heteroatoms. The Balaban J connectivity index is 1.77. The molecule has 1 nitrogen and oxygen atoms in total. The molecular formula is C25H25N. The van der Waals surface area contributed by atoms with Crippen molar-refractivity contribution in [3.63, 3.8) is 0 Å². The molecule has 3 aromatic carbocycles. The summed E-state index contributed by atoms with van der Waals surface area (Å²) in [6.45, 7) is 10.4. The fourth-order valence-electron chi connectivity index (χ4n) is 3.04. The van der Waals surface area contributed by atoms with Crippen LogP contribution in [0.2, 0.25) is 0 Å². The highest BCUT2D eigenvalue weighted by molar-refractivity contribution is 5.48. The second-order valence-corrected chi connectivity index (χ2v) is 6.52. The van der Waals surface area contributed by atoms with Crippen LogP contribution in [0.5, 0.6) is 0 Å². The average molecular weight is 339 g/mol. The van der Waals surface area contributed by atoms with Gasteiger partial charge in [0.1, 0.15) is 0 Å². The molecule has 0 saturated heterocycles. The lowest BCUT2D eigenvalue weighted by atomic mass is 10.1. The number of rotatable bonds is 8. The Kier molecular flexibility index (Phi) is 6.19. The van der Waals surface area contributed by atoms with E-state index >= 15 is 0 Å². The van der Waals surface area contributed by atoms with Gasteiger partial charge in [0.15, 0.2) is 0 Å². The summed E-state index contributed by atoms with van der Waals surface area (Å²) in [4.78, 5) is 2.47. The Labute approximate surface area is 156 Å². The summed E-state index contributed by atoms with van der Waals surface area (Å²) in [5, 5.41) is 0. The van der Waals surface area contributed by atoms with E-state index in [0.29, 0.717) is 0 Å². The van der Waals surface area contributed by atoms with Crippen LogP contribution < -0.4 is 0 Å². The highest BCUT2D eigenvalue weighted by atomic mass is 15.1. The van der Waals surface area contributed by atoms with Gasteiger partial charge in [-0.15, -0.1) is 0 Å². The normalized spacial score (nSPS) is 10.7. The second kappa shape index (κ2) is 8.98. The van der Waals surface area contributed by atoms with E-state index in [4.69, 9.17) is 0 Å². The van der Waals surface area contributed by atoms with Crippen molar-refractivity contribution in [2.45, 2.75) is 19.6 Å². The van der Waals surface area contributed by atoms with Crippen LogP contribution in [0, 0.1) is 0 Å². The van der Waals surface area contributed by atoms with Gasteiger partial charge in [-0.3, -0.25) is 4.90 Å². The van der Waals surface area contributed by atoms with Crippen LogP contribution in [-0.4, -0.2) is 4.90 Å². The lowest BCUT2D eigenvalue weighted by Crippen LogP contribution is -2.22. The molecule has 130 valence electrons. The minimum atomic E-state index is 0.912. The molecule has 3 rings (SSSR count). The second-order valence-electron chi connectivity index (χ2n) is 6.52. The number of hydrogen-bond acceptors (Lipinski definition) is 1. The third-order valence-corrected chi connectivity index (χ3v) is 4.49. The van der Waals surface area contributed by atoms with Crippen LogP contribution in [0.15, 0.2) is 92.0 Å². The predicted octanol–water partition coefficient (Wildman–Crippen LogP) is 6.18. The van der Waals surface area contributed by atoms with Crippen LogP contribution in [0.4, 0.5) is 0 Å². The van der Waals surface area contributed by atoms with Gasteiger partial charge in [0.05, 0.1) is 0 Å². The molecule has 0 aliphatic heterocycles. The summed E-state index contributed by atoms with van der Waals surface area (Å²) >= 11 is 0. The Morgan fingerprint density at radius 1 is 0.538 bits per heavy atom. The SMILES string of the molecule is C=Cc1ccc(CN(Cc2ccccc2)Cc2ccc(C=C)cc2)cc1. The molecule has 3 aromatic rings. The lowest BCUT2D eigenvalue weighted by molar-refractivity contribution is 0.247. The van der Waals surface area contributed by atoms with E-state index < -0.39 is 0 Å². The van der Waals surface area contributed by atoms with E-state index in [-0.39, 0.29) is 0 Å². The third-order valence-electron chi connectivity index (χ3n) is 4.49. The zero-order valence-corrected chi connectivity index (χ0v) is 15.1. The van der Waals surface area contributed by atoms with Gasteiger partial charge in [0, 0.05) is 19.6 Å². The topological polar surface area (TPSA) is 3.24 Å². The van der Waals surface area contributed by atoms with E-state index in [1.54, 1.807) is 0 Å². The standard InChI is InChI=1S/C25H25N/c1-3-21-10-14-24(15-11-21)19-26(18-23-8-6-5-7-9-23)20-25-16-12-22(4-2)13-17-25/h3-17H,1-2,18-20H2. The van der Waals surface area contributed by atoms with Crippen molar-refractivity contribution >= 4 is 12.2 Å². The quantitative estimate of drug-likeness (QED) is 0.474. The van der Waals surface area contributed by atoms with Crippen LogP contribution in [-0.2, 0) is 19.6 Å². The Hall–Kier alpha value is -2.90. The predicted molar refractivity (Wildman–Crippen MR) is 112 cm³/mol. The molecule has 0 atom stereocenters. The van der Waals surface area contributed by atoms with Crippen LogP contribution >= 0.6 is 0 Å². The first-order valence-corrected chi connectivity index (χ1v) is 8.96. The number of benzene rings is 3. The van der Waals surface area contributed by atoms with Crippen molar-refractivity contribution < 1.29 is 0 Å². The summed E-state index contributed by atoms with van der Waals surface area (Å²) < 4.78 is 0. The molecule has 0 aromatic heterocycles. The molecule has 0 spiro atoms. The Morgan fingerprint density at radius 3 is 1.31 bits per heavy atom. The first-order chi connectivity index (χ1) is 12.8. The molecule has 0 bridgehead atoms. The van der Waals surface area contributed by atoms with Gasteiger partial charge < -0.3 is 0 Å². The Morgan fingerprint density at radius 2 is 0.923 bits per heavy atom. The van der Waals surface area contributed by atoms with E-state index in [9.17, 15) is 0 Å². The van der Waals surface area contributed by atoms with E-state index in [0.717, 1.165) is 30.8 Å². The molecule has 0 fully saturated rings. The number of nitrogens with zero attached hydrogens (tertiary/aromatic N) is 1. The zero-order chi connectivity index (χ0) is 18.2. The lowest BCUT2D eigenvalue weighted by Gasteiger charge is -2.23. The minimum absolute atomic E-state index is 0.912. The molecular weight excluding hydrogens is 314 g/mol. The zero-order valence-electron chi connectivity index (χ0n) is 15.1. The van der Waals surface area contributed by atoms with E-state index in [1.165, 1.54) is 16.7 Å². The highest BCUT2D eigenvalue weighted by Crippen LogP contribution is 2.16. The molecule has 0 N–H and O–H groups in total.